The van der Waals surface area contributed by atoms with Gasteiger partial charge in [0.15, 0.2) is 0 Å². The van der Waals surface area contributed by atoms with Crippen LogP contribution in [0.3, 0.4) is 0 Å². The molecule has 0 aliphatic carbocycles. The summed E-state index contributed by atoms with van der Waals surface area (Å²) in [6.07, 6.45) is 1.71. The quantitative estimate of drug-likeness (QED) is 0.796. The normalized spacial score (nSPS) is 21.2. The lowest BCUT2D eigenvalue weighted by Crippen LogP contribution is -2.40. The monoisotopic (exact) mass is 311 g/mol. The summed E-state index contributed by atoms with van der Waals surface area (Å²) in [5, 5.41) is 6.25. The smallest absolute Gasteiger partial charge is 0.248 e. The number of rotatable bonds is 3. The molecule has 0 spiro atoms. The van der Waals surface area contributed by atoms with E-state index in [4.69, 9.17) is 5.73 Å². The van der Waals surface area contributed by atoms with Gasteiger partial charge in [0, 0.05) is 23.2 Å². The molecule has 2 amide bonds. The van der Waals surface area contributed by atoms with Crippen molar-refractivity contribution in [3.63, 3.8) is 0 Å². The number of hydrogen-bond donors (Lipinski definition) is 3. The van der Waals surface area contributed by atoms with Crippen molar-refractivity contribution in [2.24, 2.45) is 11.7 Å². The second-order valence-electron chi connectivity index (χ2n) is 5.46. The number of amides is 2. The molecule has 1 aliphatic heterocycles. The summed E-state index contributed by atoms with van der Waals surface area (Å²) in [7, 11) is 0. The number of carbonyl (C=O) groups is 2. The van der Waals surface area contributed by atoms with Gasteiger partial charge in [-0.05, 0) is 57.0 Å². The summed E-state index contributed by atoms with van der Waals surface area (Å²) in [4.78, 5) is 23.4. The van der Waals surface area contributed by atoms with Crippen LogP contribution in [-0.2, 0) is 4.79 Å². The third-order valence-corrected chi connectivity index (χ3v) is 3.75. The molecule has 2 rings (SSSR count). The summed E-state index contributed by atoms with van der Waals surface area (Å²) in [6.45, 7) is 4.77. The predicted octanol–water partition coefficient (Wildman–Crippen LogP) is 1.84. The van der Waals surface area contributed by atoms with Crippen LogP contribution in [0.5, 0.6) is 0 Å². The van der Waals surface area contributed by atoms with Gasteiger partial charge in [-0.2, -0.15) is 0 Å². The molecule has 5 nitrogen and oxygen atoms in total. The van der Waals surface area contributed by atoms with E-state index in [0.717, 1.165) is 24.9 Å². The minimum Gasteiger partial charge on any atom is -0.366 e. The Morgan fingerprint density at radius 2 is 2.10 bits per heavy atom. The average Bonchev–Trinajstić information content (AvgIpc) is 2.38. The van der Waals surface area contributed by atoms with Gasteiger partial charge in [-0.15, -0.1) is 12.4 Å². The van der Waals surface area contributed by atoms with E-state index < -0.39 is 5.91 Å². The topological polar surface area (TPSA) is 84.2 Å². The maximum atomic E-state index is 12.2. The minimum atomic E-state index is -0.451. The number of primary amides is 1. The van der Waals surface area contributed by atoms with Crippen molar-refractivity contribution < 1.29 is 9.59 Å². The van der Waals surface area contributed by atoms with E-state index in [1.165, 1.54) is 0 Å². The van der Waals surface area contributed by atoms with Crippen LogP contribution in [0, 0.1) is 12.8 Å². The van der Waals surface area contributed by atoms with Gasteiger partial charge in [-0.25, -0.2) is 0 Å². The van der Waals surface area contributed by atoms with Crippen molar-refractivity contribution in [1.29, 1.82) is 0 Å². The molecule has 0 aromatic heterocycles. The van der Waals surface area contributed by atoms with Gasteiger partial charge in [0.1, 0.15) is 0 Å². The van der Waals surface area contributed by atoms with Crippen molar-refractivity contribution in [1.82, 2.24) is 5.32 Å². The second kappa shape index (κ2) is 7.43. The molecule has 1 fully saturated rings. The number of aryl methyl sites for hydroxylation is 1. The molecule has 1 aromatic carbocycles. The van der Waals surface area contributed by atoms with Crippen LogP contribution < -0.4 is 16.4 Å². The number of halogens is 1. The molecular weight excluding hydrogens is 290 g/mol. The van der Waals surface area contributed by atoms with Crippen LogP contribution >= 0.6 is 12.4 Å². The highest BCUT2D eigenvalue weighted by atomic mass is 35.5. The number of carbonyl (C=O) groups excluding carboxylic acids is 2. The van der Waals surface area contributed by atoms with Gasteiger partial charge in [0.25, 0.3) is 0 Å². The Kier molecular flexibility index (Phi) is 6.18. The summed E-state index contributed by atoms with van der Waals surface area (Å²) < 4.78 is 0. The maximum absolute atomic E-state index is 12.2. The Balaban J connectivity index is 0.00000220. The van der Waals surface area contributed by atoms with Crippen molar-refractivity contribution in [2.75, 3.05) is 11.9 Å². The SMILES string of the molecule is Cc1cc(NC(=O)[C@H]2CCN[C@@H](C)C2)ccc1C(N)=O.Cl. The molecule has 1 heterocycles. The molecule has 0 saturated carbocycles. The lowest BCUT2D eigenvalue weighted by Gasteiger charge is -2.27. The average molecular weight is 312 g/mol. The van der Waals surface area contributed by atoms with Gasteiger partial charge < -0.3 is 16.4 Å². The van der Waals surface area contributed by atoms with Crippen LogP contribution in [0.25, 0.3) is 0 Å². The Bertz CT molecular complexity index is 534. The summed E-state index contributed by atoms with van der Waals surface area (Å²) in [5.74, 6) is -0.362. The standard InChI is InChI=1S/C15H21N3O2.ClH/c1-9-7-12(3-4-13(9)14(16)19)18-15(20)11-5-6-17-10(2)8-11;/h3-4,7,10-11,17H,5-6,8H2,1-2H3,(H2,16,19)(H,18,20);1H/t10-,11-;/m0./s1. The molecule has 116 valence electrons. The molecular formula is C15H22ClN3O2. The van der Waals surface area contributed by atoms with E-state index in [1.54, 1.807) is 18.2 Å². The fourth-order valence-electron chi connectivity index (χ4n) is 2.63. The predicted molar refractivity (Wildman–Crippen MR) is 85.8 cm³/mol. The lowest BCUT2D eigenvalue weighted by molar-refractivity contribution is -0.120. The van der Waals surface area contributed by atoms with Crippen molar-refractivity contribution in [3.05, 3.63) is 29.3 Å². The molecule has 1 saturated heterocycles. The largest absolute Gasteiger partial charge is 0.366 e. The Morgan fingerprint density at radius 3 is 2.67 bits per heavy atom. The van der Waals surface area contributed by atoms with Gasteiger partial charge in [-0.3, -0.25) is 9.59 Å². The number of benzene rings is 1. The zero-order valence-corrected chi connectivity index (χ0v) is 13.1. The van der Waals surface area contributed by atoms with Crippen LogP contribution in [0.1, 0.15) is 35.7 Å². The van der Waals surface area contributed by atoms with E-state index >= 15 is 0 Å². The first-order valence-electron chi connectivity index (χ1n) is 6.92. The minimum absolute atomic E-state index is 0. The fraction of sp³-hybridized carbons (Fsp3) is 0.467. The molecule has 4 N–H and O–H groups in total. The third-order valence-electron chi connectivity index (χ3n) is 3.75. The Hall–Kier alpha value is -1.59. The van der Waals surface area contributed by atoms with Crippen molar-refractivity contribution in [3.8, 4) is 0 Å². The Morgan fingerprint density at radius 1 is 1.38 bits per heavy atom. The maximum Gasteiger partial charge on any atom is 0.248 e. The fourth-order valence-corrected chi connectivity index (χ4v) is 2.63. The number of nitrogens with one attached hydrogen (secondary N) is 2. The van der Waals surface area contributed by atoms with Gasteiger partial charge >= 0.3 is 0 Å². The molecule has 21 heavy (non-hydrogen) atoms. The lowest BCUT2D eigenvalue weighted by atomic mass is 9.92. The van der Waals surface area contributed by atoms with E-state index in [9.17, 15) is 9.59 Å². The number of hydrogen-bond acceptors (Lipinski definition) is 3. The molecule has 0 bridgehead atoms. The number of nitrogens with two attached hydrogens (primary N) is 1. The van der Waals surface area contributed by atoms with Gasteiger partial charge in [-0.1, -0.05) is 0 Å². The highest BCUT2D eigenvalue weighted by Crippen LogP contribution is 2.20. The summed E-state index contributed by atoms with van der Waals surface area (Å²) >= 11 is 0. The number of anilines is 1. The first-order valence-corrected chi connectivity index (χ1v) is 6.92. The third kappa shape index (κ3) is 4.44. The zero-order chi connectivity index (χ0) is 14.7. The first kappa shape index (κ1) is 17.5. The van der Waals surface area contributed by atoms with Crippen LogP contribution in [0.4, 0.5) is 5.69 Å². The van der Waals surface area contributed by atoms with Crippen LogP contribution in [0.15, 0.2) is 18.2 Å². The molecule has 0 unspecified atom stereocenters. The zero-order valence-electron chi connectivity index (χ0n) is 12.3. The summed E-state index contributed by atoms with van der Waals surface area (Å²) in [5.41, 5.74) is 7.23. The van der Waals surface area contributed by atoms with E-state index in [2.05, 4.69) is 17.6 Å². The van der Waals surface area contributed by atoms with Crippen molar-refractivity contribution in [2.45, 2.75) is 32.7 Å². The molecule has 0 radical (unpaired) electrons. The van der Waals surface area contributed by atoms with E-state index in [1.807, 2.05) is 6.92 Å². The molecule has 6 heteroatoms. The van der Waals surface area contributed by atoms with E-state index in [0.29, 0.717) is 17.3 Å². The highest BCUT2D eigenvalue weighted by Gasteiger charge is 2.24. The Labute approximate surface area is 131 Å². The molecule has 1 aromatic rings. The number of piperidine rings is 1. The van der Waals surface area contributed by atoms with Crippen LogP contribution in [0.2, 0.25) is 0 Å². The van der Waals surface area contributed by atoms with Crippen LogP contribution in [-0.4, -0.2) is 24.4 Å². The molecule has 1 aliphatic rings. The molecule has 2 atom stereocenters. The van der Waals surface area contributed by atoms with Gasteiger partial charge in [0.2, 0.25) is 11.8 Å². The summed E-state index contributed by atoms with van der Waals surface area (Å²) in [6, 6.07) is 5.52. The van der Waals surface area contributed by atoms with Gasteiger partial charge in [0.05, 0.1) is 0 Å². The highest BCUT2D eigenvalue weighted by molar-refractivity contribution is 5.96. The van der Waals surface area contributed by atoms with Crippen molar-refractivity contribution >= 4 is 29.9 Å². The second-order valence-corrected chi connectivity index (χ2v) is 5.46. The van der Waals surface area contributed by atoms with E-state index in [-0.39, 0.29) is 24.2 Å². The first-order chi connectivity index (χ1) is 9.47.